The highest BCUT2D eigenvalue weighted by Gasteiger charge is 2.58. The molecule has 1 amide bonds. The molecule has 1 aromatic rings. The topological polar surface area (TPSA) is 20.3 Å². The molecule has 72 valence electrons. The van der Waals surface area contributed by atoms with Gasteiger partial charge in [-0.15, -0.1) is 0 Å². The summed E-state index contributed by atoms with van der Waals surface area (Å²) in [5.74, 6) is -0.273. The van der Waals surface area contributed by atoms with Crippen molar-refractivity contribution in [1.82, 2.24) is 0 Å². The zero-order valence-electron chi connectivity index (χ0n) is 10.4. The Labute approximate surface area is 95.2 Å². The molecule has 1 aromatic carbocycles. The molecule has 2 aliphatic rings. The average Bonchev–Trinajstić information content (AvgIpc) is 2.92. The predicted molar refractivity (Wildman–Crippen MR) is 58.5 cm³/mol. The summed E-state index contributed by atoms with van der Waals surface area (Å²) >= 11 is 3.32. The van der Waals surface area contributed by atoms with E-state index in [0.29, 0.717) is 5.69 Å². The van der Waals surface area contributed by atoms with Crippen molar-refractivity contribution in [3.05, 3.63) is 28.2 Å². The molecule has 3 heteroatoms. The van der Waals surface area contributed by atoms with E-state index in [9.17, 15) is 4.79 Å². The molecule has 0 bridgehead atoms. The third-order valence-corrected chi connectivity index (χ3v) is 3.57. The number of halogens is 1. The monoisotopic (exact) mass is 254 g/mol. The maximum absolute atomic E-state index is 12.3. The van der Waals surface area contributed by atoms with Crippen molar-refractivity contribution in [3.63, 3.8) is 0 Å². The molecule has 1 aliphatic heterocycles. The van der Waals surface area contributed by atoms with Crippen LogP contribution in [-0.2, 0) is 10.2 Å². The summed E-state index contributed by atoms with van der Waals surface area (Å²) in [4.78, 5) is 13.2. The highest BCUT2D eigenvalue weighted by Crippen LogP contribution is 2.57. The minimum Gasteiger partial charge on any atom is -0.314 e. The standard InChI is InChI=1S/C11H10BrNO/c1-13-9-6-7(12)2-3-8(9)11(4-5-11)10(13)14/h2-3,6H,4-5H2,1H3/i1D3. The molecule has 2 nitrogen and oxygen atoms in total. The van der Waals surface area contributed by atoms with Gasteiger partial charge in [-0.25, -0.2) is 0 Å². The van der Waals surface area contributed by atoms with Crippen LogP contribution >= 0.6 is 15.9 Å². The van der Waals surface area contributed by atoms with E-state index in [1.54, 1.807) is 6.07 Å². The number of benzene rings is 1. The van der Waals surface area contributed by atoms with Crippen molar-refractivity contribution in [2.45, 2.75) is 18.3 Å². The van der Waals surface area contributed by atoms with Crippen LogP contribution in [0.25, 0.3) is 0 Å². The van der Waals surface area contributed by atoms with Gasteiger partial charge in [0.1, 0.15) is 0 Å². The van der Waals surface area contributed by atoms with Gasteiger partial charge in [0.2, 0.25) is 5.91 Å². The lowest BCUT2D eigenvalue weighted by atomic mass is 9.98. The third kappa shape index (κ3) is 0.836. The Hall–Kier alpha value is -0.830. The van der Waals surface area contributed by atoms with Crippen LogP contribution in [0.15, 0.2) is 22.7 Å². The van der Waals surface area contributed by atoms with Gasteiger partial charge >= 0.3 is 0 Å². The second kappa shape index (κ2) is 2.40. The molecule has 1 aliphatic carbocycles. The Morgan fingerprint density at radius 2 is 2.36 bits per heavy atom. The minimum atomic E-state index is -2.40. The van der Waals surface area contributed by atoms with E-state index in [-0.39, 0.29) is 5.91 Å². The first-order valence-corrected chi connectivity index (χ1v) is 5.30. The summed E-state index contributed by atoms with van der Waals surface area (Å²) in [7, 11) is 0. The maximum Gasteiger partial charge on any atom is 0.237 e. The van der Waals surface area contributed by atoms with Gasteiger partial charge in [-0.1, -0.05) is 22.0 Å². The fraction of sp³-hybridized carbons (Fsp3) is 0.364. The van der Waals surface area contributed by atoms with Crippen molar-refractivity contribution in [3.8, 4) is 0 Å². The maximum atomic E-state index is 12.3. The van der Waals surface area contributed by atoms with Crippen LogP contribution in [0.3, 0.4) is 0 Å². The van der Waals surface area contributed by atoms with E-state index >= 15 is 0 Å². The Balaban J connectivity index is 2.22. The van der Waals surface area contributed by atoms with Crippen LogP contribution in [0.5, 0.6) is 0 Å². The van der Waals surface area contributed by atoms with Crippen molar-refractivity contribution < 1.29 is 8.91 Å². The van der Waals surface area contributed by atoms with Gasteiger partial charge in [0.25, 0.3) is 0 Å². The highest BCUT2D eigenvalue weighted by molar-refractivity contribution is 9.10. The van der Waals surface area contributed by atoms with Crippen LogP contribution in [0.2, 0.25) is 0 Å². The third-order valence-electron chi connectivity index (χ3n) is 3.08. The largest absolute Gasteiger partial charge is 0.314 e. The molecule has 0 unspecified atom stereocenters. The van der Waals surface area contributed by atoms with Crippen molar-refractivity contribution in [2.75, 3.05) is 11.9 Å². The molecule has 0 N–H and O–H groups in total. The summed E-state index contributed by atoms with van der Waals surface area (Å²) in [6.07, 6.45) is 1.51. The minimum absolute atomic E-state index is 0.273. The zero-order chi connectivity index (χ0) is 12.4. The Bertz CT molecular complexity index is 522. The number of anilines is 1. The van der Waals surface area contributed by atoms with Gasteiger partial charge in [0.05, 0.1) is 5.41 Å². The summed E-state index contributed by atoms with van der Waals surface area (Å²) in [5.41, 5.74) is 0.855. The van der Waals surface area contributed by atoms with Crippen molar-refractivity contribution in [2.24, 2.45) is 0 Å². The number of carbonyl (C=O) groups excluding carboxylic acids is 1. The van der Waals surface area contributed by atoms with Crippen LogP contribution in [-0.4, -0.2) is 12.9 Å². The van der Waals surface area contributed by atoms with Gasteiger partial charge in [0.15, 0.2) is 0 Å². The molecular weight excluding hydrogens is 242 g/mol. The Morgan fingerprint density at radius 3 is 3.00 bits per heavy atom. The second-order valence-corrected chi connectivity index (χ2v) is 4.80. The summed E-state index contributed by atoms with van der Waals surface area (Å²) in [6, 6.07) is 5.43. The first kappa shape index (κ1) is 5.91. The van der Waals surface area contributed by atoms with Gasteiger partial charge in [0, 0.05) is 21.2 Å². The molecule has 0 saturated heterocycles. The lowest BCUT2D eigenvalue weighted by Crippen LogP contribution is -2.27. The van der Waals surface area contributed by atoms with Gasteiger partial charge in [-0.2, -0.15) is 0 Å². The fourth-order valence-electron chi connectivity index (χ4n) is 2.14. The molecule has 1 fully saturated rings. The molecular formula is C11H10BrNO. The summed E-state index contributed by atoms with van der Waals surface area (Å²) in [6.45, 7) is -2.40. The molecule has 0 radical (unpaired) electrons. The molecule has 1 spiro atoms. The number of fused-ring (bicyclic) bond motifs is 2. The van der Waals surface area contributed by atoms with E-state index in [4.69, 9.17) is 4.11 Å². The number of hydrogen-bond donors (Lipinski definition) is 0. The van der Waals surface area contributed by atoms with Crippen molar-refractivity contribution >= 4 is 27.5 Å². The van der Waals surface area contributed by atoms with Gasteiger partial charge in [-0.3, -0.25) is 4.79 Å². The lowest BCUT2D eigenvalue weighted by molar-refractivity contribution is -0.119. The first-order chi connectivity index (χ1) is 7.86. The SMILES string of the molecule is [2H]C([2H])([2H])N1C(=O)C2(CC2)c2ccc(Br)cc21. The zero-order valence-corrected chi connectivity index (χ0v) is 8.97. The van der Waals surface area contributed by atoms with Gasteiger partial charge in [-0.05, 0) is 30.5 Å². The molecule has 0 aromatic heterocycles. The Kier molecular flexibility index (Phi) is 1.01. The number of carbonyl (C=O) groups is 1. The smallest absolute Gasteiger partial charge is 0.237 e. The quantitative estimate of drug-likeness (QED) is 0.697. The first-order valence-electron chi connectivity index (χ1n) is 6.01. The normalized spacial score (nSPS) is 25.6. The Morgan fingerprint density at radius 1 is 1.57 bits per heavy atom. The van der Waals surface area contributed by atoms with Gasteiger partial charge < -0.3 is 4.90 Å². The van der Waals surface area contributed by atoms with Crippen LogP contribution in [0, 0.1) is 0 Å². The van der Waals surface area contributed by atoms with E-state index < -0.39 is 12.4 Å². The van der Waals surface area contributed by atoms with E-state index in [2.05, 4.69) is 15.9 Å². The fourth-order valence-corrected chi connectivity index (χ4v) is 2.49. The number of nitrogens with zero attached hydrogens (tertiary/aromatic N) is 1. The lowest BCUT2D eigenvalue weighted by Gasteiger charge is -2.09. The van der Waals surface area contributed by atoms with E-state index in [1.807, 2.05) is 12.1 Å². The van der Waals surface area contributed by atoms with Crippen molar-refractivity contribution in [1.29, 1.82) is 0 Å². The number of likely N-dealkylation sites (N-methyl/N-ethyl adjacent to an activating group) is 1. The summed E-state index contributed by atoms with van der Waals surface area (Å²) in [5, 5.41) is 0. The average molecular weight is 255 g/mol. The molecule has 0 atom stereocenters. The molecule has 14 heavy (non-hydrogen) atoms. The van der Waals surface area contributed by atoms with Crippen LogP contribution < -0.4 is 4.90 Å². The highest BCUT2D eigenvalue weighted by atomic mass is 79.9. The summed E-state index contributed by atoms with van der Waals surface area (Å²) < 4.78 is 23.3. The number of amides is 1. The molecule has 1 saturated carbocycles. The van der Waals surface area contributed by atoms with Crippen LogP contribution in [0.1, 0.15) is 22.5 Å². The van der Waals surface area contributed by atoms with E-state index in [0.717, 1.165) is 27.8 Å². The molecule has 1 heterocycles. The number of rotatable bonds is 0. The second-order valence-electron chi connectivity index (χ2n) is 3.88. The van der Waals surface area contributed by atoms with Crippen LogP contribution in [0.4, 0.5) is 5.69 Å². The van der Waals surface area contributed by atoms with E-state index in [1.165, 1.54) is 0 Å². The molecule has 3 rings (SSSR count). The predicted octanol–water partition coefficient (Wildman–Crippen LogP) is 2.46. The number of hydrogen-bond acceptors (Lipinski definition) is 1.